The van der Waals surface area contributed by atoms with Crippen molar-refractivity contribution in [3.8, 4) is 0 Å². The molecule has 110 valence electrons. The molecule has 1 aliphatic heterocycles. The molecule has 2 rings (SSSR count). The summed E-state index contributed by atoms with van der Waals surface area (Å²) in [6.07, 6.45) is 0.132. The summed E-state index contributed by atoms with van der Waals surface area (Å²) in [5.41, 5.74) is 0.935. The molecule has 0 radical (unpaired) electrons. The fourth-order valence-electron chi connectivity index (χ4n) is 2.08. The summed E-state index contributed by atoms with van der Waals surface area (Å²) in [4.78, 5) is 13.2. The molecule has 1 aromatic carbocycles. The second kappa shape index (κ2) is 6.56. The molecule has 1 fully saturated rings. The standard InChI is InChI=1S/C14H19FN2O3/c1-3-6-16-13-5-4-10(7-12(13)15)17-8-11(9-19-2)20-14(17)18/h4-5,7,11,16H,3,6,8-9H2,1-2H3/t11-/m1/s1. The van der Waals surface area contributed by atoms with Gasteiger partial charge in [0.05, 0.1) is 24.5 Å². The first kappa shape index (κ1) is 14.6. The topological polar surface area (TPSA) is 50.8 Å². The number of nitrogens with zero attached hydrogens (tertiary/aromatic N) is 1. The first-order valence-corrected chi connectivity index (χ1v) is 6.66. The third-order valence-corrected chi connectivity index (χ3v) is 3.06. The van der Waals surface area contributed by atoms with E-state index in [9.17, 15) is 9.18 Å². The van der Waals surface area contributed by atoms with Crippen LogP contribution in [0.5, 0.6) is 0 Å². The third-order valence-electron chi connectivity index (χ3n) is 3.06. The fourth-order valence-corrected chi connectivity index (χ4v) is 2.08. The summed E-state index contributed by atoms with van der Waals surface area (Å²) in [5.74, 6) is -0.376. The van der Waals surface area contributed by atoms with Gasteiger partial charge in [-0.3, -0.25) is 4.90 Å². The number of nitrogens with one attached hydrogen (secondary N) is 1. The maximum Gasteiger partial charge on any atom is 0.414 e. The Hall–Kier alpha value is -1.82. The lowest BCUT2D eigenvalue weighted by Crippen LogP contribution is -2.25. The van der Waals surface area contributed by atoms with Crippen LogP contribution in [0.15, 0.2) is 18.2 Å². The average molecular weight is 282 g/mol. The van der Waals surface area contributed by atoms with Gasteiger partial charge in [-0.2, -0.15) is 0 Å². The van der Waals surface area contributed by atoms with E-state index in [2.05, 4.69) is 5.32 Å². The molecule has 6 heteroatoms. The molecule has 1 amide bonds. The maximum atomic E-state index is 13.9. The largest absolute Gasteiger partial charge is 0.441 e. The Morgan fingerprint density at radius 3 is 3.00 bits per heavy atom. The molecule has 20 heavy (non-hydrogen) atoms. The molecule has 1 heterocycles. The predicted molar refractivity (Wildman–Crippen MR) is 74.7 cm³/mol. The summed E-state index contributed by atoms with van der Waals surface area (Å²) in [5, 5.41) is 2.99. The van der Waals surface area contributed by atoms with E-state index >= 15 is 0 Å². The number of hydrogen-bond acceptors (Lipinski definition) is 4. The van der Waals surface area contributed by atoms with Gasteiger partial charge in [-0.1, -0.05) is 6.92 Å². The Morgan fingerprint density at radius 2 is 2.35 bits per heavy atom. The number of methoxy groups -OCH3 is 1. The number of cyclic esters (lactones) is 1. The van der Waals surface area contributed by atoms with Crippen LogP contribution in [0.2, 0.25) is 0 Å². The molecule has 1 saturated heterocycles. The lowest BCUT2D eigenvalue weighted by atomic mass is 10.2. The lowest BCUT2D eigenvalue weighted by molar-refractivity contribution is 0.0718. The smallest absolute Gasteiger partial charge is 0.414 e. The minimum absolute atomic E-state index is 0.312. The van der Waals surface area contributed by atoms with E-state index < -0.39 is 6.09 Å². The monoisotopic (exact) mass is 282 g/mol. The van der Waals surface area contributed by atoms with Crippen LogP contribution < -0.4 is 10.2 Å². The zero-order valence-electron chi connectivity index (χ0n) is 11.7. The van der Waals surface area contributed by atoms with Gasteiger partial charge in [0.2, 0.25) is 0 Å². The highest BCUT2D eigenvalue weighted by atomic mass is 19.1. The summed E-state index contributed by atoms with van der Waals surface area (Å²) < 4.78 is 24.0. The zero-order chi connectivity index (χ0) is 14.5. The molecule has 0 aromatic heterocycles. The van der Waals surface area contributed by atoms with Crippen molar-refractivity contribution in [3.05, 3.63) is 24.0 Å². The van der Waals surface area contributed by atoms with Crippen LogP contribution in [0.25, 0.3) is 0 Å². The molecule has 0 bridgehead atoms. The fraction of sp³-hybridized carbons (Fsp3) is 0.500. The van der Waals surface area contributed by atoms with Gasteiger partial charge in [0.15, 0.2) is 0 Å². The van der Waals surface area contributed by atoms with E-state index in [-0.39, 0.29) is 11.9 Å². The van der Waals surface area contributed by atoms with Crippen molar-refractivity contribution in [3.63, 3.8) is 0 Å². The Bertz CT molecular complexity index is 481. The van der Waals surface area contributed by atoms with Crippen molar-refractivity contribution >= 4 is 17.5 Å². The number of ether oxygens (including phenoxy) is 2. The van der Waals surface area contributed by atoms with Crippen LogP contribution in [-0.2, 0) is 9.47 Å². The van der Waals surface area contributed by atoms with Crippen LogP contribution in [-0.4, -0.2) is 39.0 Å². The highest BCUT2D eigenvalue weighted by Gasteiger charge is 2.32. The first-order chi connectivity index (χ1) is 9.65. The molecule has 0 spiro atoms. The Kier molecular flexibility index (Phi) is 4.79. The number of carbonyl (C=O) groups excluding carboxylic acids is 1. The lowest BCUT2D eigenvalue weighted by Gasteiger charge is -2.14. The van der Waals surface area contributed by atoms with Gasteiger partial charge in [0.25, 0.3) is 0 Å². The van der Waals surface area contributed by atoms with Crippen LogP contribution >= 0.6 is 0 Å². The summed E-state index contributed by atoms with van der Waals surface area (Å²) >= 11 is 0. The molecule has 1 N–H and O–H groups in total. The Labute approximate surface area is 117 Å². The van der Waals surface area contributed by atoms with Gasteiger partial charge in [0, 0.05) is 13.7 Å². The number of hydrogen-bond donors (Lipinski definition) is 1. The average Bonchev–Trinajstić information content (AvgIpc) is 2.79. The van der Waals surface area contributed by atoms with E-state index in [1.807, 2.05) is 6.92 Å². The second-order valence-corrected chi connectivity index (χ2v) is 4.66. The van der Waals surface area contributed by atoms with Crippen LogP contribution in [0, 0.1) is 5.82 Å². The van der Waals surface area contributed by atoms with E-state index in [1.54, 1.807) is 19.2 Å². The molecule has 1 atom stereocenters. The van der Waals surface area contributed by atoms with Crippen molar-refractivity contribution in [2.24, 2.45) is 0 Å². The Morgan fingerprint density at radius 1 is 1.55 bits per heavy atom. The molecule has 5 nitrogen and oxygen atoms in total. The minimum atomic E-state index is -0.472. The molecular formula is C14H19FN2O3. The van der Waals surface area contributed by atoms with E-state index in [0.29, 0.717) is 31.1 Å². The highest BCUT2D eigenvalue weighted by molar-refractivity contribution is 5.90. The zero-order valence-corrected chi connectivity index (χ0v) is 11.7. The summed E-state index contributed by atoms with van der Waals surface area (Å²) in [7, 11) is 1.55. The third kappa shape index (κ3) is 3.19. The van der Waals surface area contributed by atoms with Crippen molar-refractivity contribution < 1.29 is 18.7 Å². The van der Waals surface area contributed by atoms with E-state index in [4.69, 9.17) is 9.47 Å². The van der Waals surface area contributed by atoms with Crippen molar-refractivity contribution in [1.82, 2.24) is 0 Å². The summed E-state index contributed by atoms with van der Waals surface area (Å²) in [6.45, 7) is 3.42. The molecule has 0 aliphatic carbocycles. The van der Waals surface area contributed by atoms with Gasteiger partial charge in [-0.15, -0.1) is 0 Å². The van der Waals surface area contributed by atoms with Crippen LogP contribution in [0.1, 0.15) is 13.3 Å². The predicted octanol–water partition coefficient (Wildman–Crippen LogP) is 2.62. The minimum Gasteiger partial charge on any atom is -0.441 e. The van der Waals surface area contributed by atoms with Crippen LogP contribution in [0.3, 0.4) is 0 Å². The Balaban J connectivity index is 2.09. The number of rotatable bonds is 6. The first-order valence-electron chi connectivity index (χ1n) is 6.66. The quantitative estimate of drug-likeness (QED) is 0.871. The summed E-state index contributed by atoms with van der Waals surface area (Å²) in [6, 6.07) is 4.68. The molecular weight excluding hydrogens is 263 g/mol. The number of benzene rings is 1. The van der Waals surface area contributed by atoms with Crippen molar-refractivity contribution in [2.75, 3.05) is 37.0 Å². The second-order valence-electron chi connectivity index (χ2n) is 4.66. The van der Waals surface area contributed by atoms with Gasteiger partial charge in [-0.25, -0.2) is 9.18 Å². The van der Waals surface area contributed by atoms with E-state index in [0.717, 1.165) is 6.42 Å². The number of carbonyl (C=O) groups is 1. The van der Waals surface area contributed by atoms with Gasteiger partial charge in [0.1, 0.15) is 11.9 Å². The molecule has 1 aliphatic rings. The maximum absolute atomic E-state index is 13.9. The molecule has 0 unspecified atom stereocenters. The van der Waals surface area contributed by atoms with Gasteiger partial charge >= 0.3 is 6.09 Å². The van der Waals surface area contributed by atoms with Gasteiger partial charge < -0.3 is 14.8 Å². The molecule has 0 saturated carbocycles. The number of anilines is 2. The van der Waals surface area contributed by atoms with Gasteiger partial charge in [-0.05, 0) is 24.6 Å². The SMILES string of the molecule is CCCNc1ccc(N2C[C@H](COC)OC2=O)cc1F. The van der Waals surface area contributed by atoms with Crippen LogP contribution in [0.4, 0.5) is 20.6 Å². The van der Waals surface area contributed by atoms with Crippen molar-refractivity contribution in [2.45, 2.75) is 19.4 Å². The molecule has 1 aromatic rings. The number of amides is 1. The van der Waals surface area contributed by atoms with E-state index in [1.165, 1.54) is 11.0 Å². The highest BCUT2D eigenvalue weighted by Crippen LogP contribution is 2.26. The number of halogens is 1. The normalized spacial score (nSPS) is 18.2. The van der Waals surface area contributed by atoms with Crippen molar-refractivity contribution in [1.29, 1.82) is 0 Å².